The zero-order valence-corrected chi connectivity index (χ0v) is 13.7. The van der Waals surface area contributed by atoms with E-state index in [1.807, 2.05) is 0 Å². The van der Waals surface area contributed by atoms with Crippen molar-refractivity contribution in [2.24, 2.45) is 23.7 Å². The largest absolute Gasteiger partial charge is 0.368 e. The van der Waals surface area contributed by atoms with Gasteiger partial charge in [0.1, 0.15) is 0 Å². The average molecular weight is 348 g/mol. The second-order valence-corrected chi connectivity index (χ2v) is 8.64. The van der Waals surface area contributed by atoms with Gasteiger partial charge in [-0.25, -0.2) is 0 Å². The molecule has 0 aromatic heterocycles. The molecule has 0 N–H and O–H groups in total. The SMILES string of the molecule is CC(C)[C@H]1CC[C@]2(C)O[C@@]3(C)CC[C@@H]2[C@@H]1[C@@H]3I. The van der Waals surface area contributed by atoms with Crippen molar-refractivity contribution in [1.82, 2.24) is 0 Å². The molecule has 17 heavy (non-hydrogen) atoms. The van der Waals surface area contributed by atoms with Gasteiger partial charge in [0, 0.05) is 3.92 Å². The van der Waals surface area contributed by atoms with E-state index in [2.05, 4.69) is 50.3 Å². The summed E-state index contributed by atoms with van der Waals surface area (Å²) in [5.41, 5.74) is 0.354. The topological polar surface area (TPSA) is 9.23 Å². The van der Waals surface area contributed by atoms with Crippen LogP contribution < -0.4 is 0 Å². The number of ether oxygens (including phenoxy) is 1. The molecule has 4 fully saturated rings. The summed E-state index contributed by atoms with van der Waals surface area (Å²) in [5.74, 6) is 3.50. The number of hydrogen-bond donors (Lipinski definition) is 0. The van der Waals surface area contributed by atoms with E-state index in [1.165, 1.54) is 25.7 Å². The normalized spacial score (nSPS) is 57.5. The summed E-state index contributed by atoms with van der Waals surface area (Å²) in [6.07, 6.45) is 5.35. The number of halogens is 1. The van der Waals surface area contributed by atoms with Crippen LogP contribution >= 0.6 is 22.6 Å². The second kappa shape index (κ2) is 3.84. The molecule has 0 unspecified atom stereocenters. The van der Waals surface area contributed by atoms with Crippen molar-refractivity contribution < 1.29 is 4.74 Å². The lowest BCUT2D eigenvalue weighted by molar-refractivity contribution is -0.278. The third-order valence-electron chi connectivity index (χ3n) is 5.91. The van der Waals surface area contributed by atoms with Gasteiger partial charge in [-0.1, -0.05) is 36.4 Å². The Kier molecular flexibility index (Phi) is 2.87. The molecule has 2 aliphatic carbocycles. The van der Waals surface area contributed by atoms with E-state index in [1.54, 1.807) is 0 Å². The van der Waals surface area contributed by atoms with Gasteiger partial charge < -0.3 is 4.74 Å². The fourth-order valence-corrected chi connectivity index (χ4v) is 6.46. The lowest BCUT2D eigenvalue weighted by atomic mass is 9.52. The number of rotatable bonds is 1. The molecule has 2 aliphatic heterocycles. The van der Waals surface area contributed by atoms with Gasteiger partial charge in [-0.05, 0) is 63.2 Å². The Hall–Kier alpha value is 0.690. The fourth-order valence-electron chi connectivity index (χ4n) is 4.99. The van der Waals surface area contributed by atoms with E-state index < -0.39 is 0 Å². The first-order valence-electron chi connectivity index (χ1n) is 7.22. The van der Waals surface area contributed by atoms with E-state index in [0.717, 1.165) is 27.6 Å². The lowest BCUT2D eigenvalue weighted by Crippen LogP contribution is -2.68. The highest BCUT2D eigenvalue weighted by atomic mass is 127. The van der Waals surface area contributed by atoms with Gasteiger partial charge in [0.15, 0.2) is 0 Å². The van der Waals surface area contributed by atoms with Crippen molar-refractivity contribution in [3.63, 3.8) is 0 Å². The first-order valence-corrected chi connectivity index (χ1v) is 8.46. The Morgan fingerprint density at radius 2 is 1.76 bits per heavy atom. The van der Waals surface area contributed by atoms with Crippen LogP contribution in [0.25, 0.3) is 0 Å². The summed E-state index contributed by atoms with van der Waals surface area (Å²) >= 11 is 2.70. The molecule has 4 aliphatic rings. The third kappa shape index (κ3) is 1.65. The van der Waals surface area contributed by atoms with E-state index in [-0.39, 0.29) is 11.2 Å². The summed E-state index contributed by atoms with van der Waals surface area (Å²) in [7, 11) is 0. The van der Waals surface area contributed by atoms with Gasteiger partial charge in [0.25, 0.3) is 0 Å². The molecule has 0 spiro atoms. The van der Waals surface area contributed by atoms with Gasteiger partial charge in [-0.15, -0.1) is 0 Å². The van der Waals surface area contributed by atoms with Crippen molar-refractivity contribution in [2.75, 3.05) is 0 Å². The molecule has 0 aromatic carbocycles. The van der Waals surface area contributed by atoms with Crippen molar-refractivity contribution in [3.05, 3.63) is 0 Å². The predicted molar refractivity (Wildman–Crippen MR) is 79.5 cm³/mol. The molecule has 98 valence electrons. The quantitative estimate of drug-likeness (QED) is 0.503. The zero-order chi connectivity index (χ0) is 12.4. The summed E-state index contributed by atoms with van der Waals surface area (Å²) in [5, 5.41) is 0. The van der Waals surface area contributed by atoms with E-state index in [9.17, 15) is 0 Å². The van der Waals surface area contributed by atoms with Gasteiger partial charge in [0.05, 0.1) is 11.2 Å². The predicted octanol–water partition coefficient (Wildman–Crippen LogP) is 4.43. The average Bonchev–Trinajstić information content (AvgIpc) is 2.23. The summed E-state index contributed by atoms with van der Waals surface area (Å²) in [6, 6.07) is 0. The van der Waals surface area contributed by atoms with E-state index >= 15 is 0 Å². The smallest absolute Gasteiger partial charge is 0.0782 e. The molecular formula is C15H25IO. The van der Waals surface area contributed by atoms with Crippen molar-refractivity contribution in [1.29, 1.82) is 0 Å². The zero-order valence-electron chi connectivity index (χ0n) is 11.5. The Balaban J connectivity index is 2.00. The molecule has 0 radical (unpaired) electrons. The summed E-state index contributed by atoms with van der Waals surface area (Å²) in [6.45, 7) is 9.60. The third-order valence-corrected chi connectivity index (χ3v) is 8.06. The Morgan fingerprint density at radius 3 is 2.41 bits per heavy atom. The van der Waals surface area contributed by atoms with Crippen LogP contribution in [0, 0.1) is 23.7 Å². The molecule has 4 rings (SSSR count). The van der Waals surface area contributed by atoms with Crippen molar-refractivity contribution in [2.45, 2.75) is 68.5 Å². The maximum atomic E-state index is 6.56. The monoisotopic (exact) mass is 348 g/mol. The minimum atomic E-state index is 0.155. The van der Waals surface area contributed by atoms with Crippen molar-refractivity contribution >= 4 is 22.6 Å². The van der Waals surface area contributed by atoms with Crippen LogP contribution in [0.5, 0.6) is 0 Å². The molecule has 6 atom stereocenters. The Bertz CT molecular complexity index is 325. The number of fused-ring (bicyclic) bond motifs is 1. The number of alkyl halides is 1. The van der Waals surface area contributed by atoms with E-state index in [0.29, 0.717) is 0 Å². The minimum absolute atomic E-state index is 0.155. The molecule has 2 heteroatoms. The highest BCUT2D eigenvalue weighted by Crippen LogP contribution is 2.62. The lowest BCUT2D eigenvalue weighted by Gasteiger charge is -2.66. The summed E-state index contributed by atoms with van der Waals surface area (Å²) in [4.78, 5) is 0. The van der Waals surface area contributed by atoms with Crippen LogP contribution in [0.1, 0.15) is 53.4 Å². The molecule has 0 aromatic rings. The molecule has 2 saturated carbocycles. The van der Waals surface area contributed by atoms with Crippen LogP contribution in [0.3, 0.4) is 0 Å². The highest BCUT2D eigenvalue weighted by Gasteiger charge is 2.63. The van der Waals surface area contributed by atoms with Crippen LogP contribution in [0.15, 0.2) is 0 Å². The molecular weight excluding hydrogens is 323 g/mol. The number of hydrogen-bond acceptors (Lipinski definition) is 1. The first-order chi connectivity index (χ1) is 7.87. The molecule has 0 amide bonds. The standard InChI is InChI=1S/C15H25IO/c1-9(2)10-5-7-14(3)11-6-8-15(4,17-14)13(16)12(10)11/h9-13H,5-8H2,1-4H3/t10-,11-,12-,13+,14+,15+/m1/s1. The Labute approximate surface area is 119 Å². The fraction of sp³-hybridized carbons (Fsp3) is 1.00. The van der Waals surface area contributed by atoms with Gasteiger partial charge in [-0.3, -0.25) is 0 Å². The van der Waals surface area contributed by atoms with Crippen LogP contribution in [0.4, 0.5) is 0 Å². The van der Waals surface area contributed by atoms with Crippen LogP contribution in [-0.2, 0) is 4.74 Å². The van der Waals surface area contributed by atoms with E-state index in [4.69, 9.17) is 4.74 Å². The van der Waals surface area contributed by atoms with Gasteiger partial charge >= 0.3 is 0 Å². The molecule has 2 saturated heterocycles. The minimum Gasteiger partial charge on any atom is -0.368 e. The first kappa shape index (κ1) is 12.7. The van der Waals surface area contributed by atoms with Crippen molar-refractivity contribution in [3.8, 4) is 0 Å². The second-order valence-electron chi connectivity index (χ2n) is 7.30. The highest BCUT2D eigenvalue weighted by molar-refractivity contribution is 14.1. The molecule has 4 bridgehead atoms. The van der Waals surface area contributed by atoms with Gasteiger partial charge in [-0.2, -0.15) is 0 Å². The summed E-state index contributed by atoms with van der Waals surface area (Å²) < 4.78 is 7.29. The molecule has 2 heterocycles. The van der Waals surface area contributed by atoms with Crippen LogP contribution in [0.2, 0.25) is 0 Å². The maximum Gasteiger partial charge on any atom is 0.0782 e. The molecule has 1 nitrogen and oxygen atoms in total. The Morgan fingerprint density at radius 1 is 1.12 bits per heavy atom. The maximum absolute atomic E-state index is 6.56. The van der Waals surface area contributed by atoms with Gasteiger partial charge in [0.2, 0.25) is 0 Å². The van der Waals surface area contributed by atoms with Crippen LogP contribution in [-0.4, -0.2) is 15.1 Å².